The Bertz CT molecular complexity index is 629. The molecule has 112 valence electrons. The topological polar surface area (TPSA) is 80.9 Å². The van der Waals surface area contributed by atoms with Crippen molar-refractivity contribution in [1.29, 1.82) is 0 Å². The SMILES string of the molecule is CC(C)[C@H](N)C(=O)Nc1nnc(Cc2cccc(F)c2)s1. The smallest absolute Gasteiger partial charge is 0.243 e. The summed E-state index contributed by atoms with van der Waals surface area (Å²) in [5.74, 6) is -0.517. The minimum atomic E-state index is -0.583. The fourth-order valence-corrected chi connectivity index (χ4v) is 2.47. The highest BCUT2D eigenvalue weighted by Gasteiger charge is 2.18. The van der Waals surface area contributed by atoms with Crippen molar-refractivity contribution in [2.45, 2.75) is 26.3 Å². The Morgan fingerprint density at radius 3 is 2.86 bits per heavy atom. The number of rotatable bonds is 5. The normalized spacial score (nSPS) is 12.4. The fraction of sp³-hybridized carbons (Fsp3) is 0.357. The molecular formula is C14H17FN4OS. The van der Waals surface area contributed by atoms with Gasteiger partial charge in [-0.05, 0) is 23.6 Å². The van der Waals surface area contributed by atoms with E-state index in [2.05, 4.69) is 15.5 Å². The number of hydrogen-bond acceptors (Lipinski definition) is 5. The molecule has 0 radical (unpaired) electrons. The second-order valence-corrected chi connectivity index (χ2v) is 6.13. The standard InChI is InChI=1S/C14H17FN4OS/c1-8(2)12(16)13(20)17-14-19-18-11(21-14)7-9-4-3-5-10(15)6-9/h3-6,8,12H,7,16H2,1-2H3,(H,17,19,20)/t12-/m0/s1. The Balaban J connectivity index is 2.00. The number of nitrogens with zero attached hydrogens (tertiary/aromatic N) is 2. The van der Waals surface area contributed by atoms with E-state index in [-0.39, 0.29) is 17.6 Å². The summed E-state index contributed by atoms with van der Waals surface area (Å²) in [6.07, 6.45) is 0.474. The van der Waals surface area contributed by atoms with E-state index in [1.165, 1.54) is 23.5 Å². The number of aromatic nitrogens is 2. The van der Waals surface area contributed by atoms with Gasteiger partial charge in [0, 0.05) is 6.42 Å². The molecular weight excluding hydrogens is 291 g/mol. The maximum atomic E-state index is 13.1. The summed E-state index contributed by atoms with van der Waals surface area (Å²) in [7, 11) is 0. The van der Waals surface area contributed by atoms with E-state index in [1.807, 2.05) is 19.9 Å². The number of halogens is 1. The lowest BCUT2D eigenvalue weighted by atomic mass is 10.1. The number of carbonyl (C=O) groups excluding carboxylic acids is 1. The van der Waals surface area contributed by atoms with Gasteiger partial charge in [0.15, 0.2) is 0 Å². The number of anilines is 1. The van der Waals surface area contributed by atoms with Crippen LogP contribution in [0.3, 0.4) is 0 Å². The van der Waals surface area contributed by atoms with Crippen molar-refractivity contribution < 1.29 is 9.18 Å². The van der Waals surface area contributed by atoms with Crippen molar-refractivity contribution >= 4 is 22.4 Å². The van der Waals surface area contributed by atoms with Crippen LogP contribution in [0.1, 0.15) is 24.4 Å². The highest BCUT2D eigenvalue weighted by atomic mass is 32.1. The van der Waals surface area contributed by atoms with Gasteiger partial charge in [0.05, 0.1) is 6.04 Å². The number of benzene rings is 1. The van der Waals surface area contributed by atoms with Crippen molar-refractivity contribution in [2.75, 3.05) is 5.32 Å². The van der Waals surface area contributed by atoms with E-state index >= 15 is 0 Å². The van der Waals surface area contributed by atoms with Gasteiger partial charge in [-0.15, -0.1) is 10.2 Å². The minimum absolute atomic E-state index is 0.0460. The number of carbonyl (C=O) groups is 1. The molecule has 1 heterocycles. The van der Waals surface area contributed by atoms with E-state index in [9.17, 15) is 9.18 Å². The van der Waals surface area contributed by atoms with Crippen molar-refractivity contribution in [3.63, 3.8) is 0 Å². The molecule has 1 amide bonds. The van der Waals surface area contributed by atoms with Crippen LogP contribution >= 0.6 is 11.3 Å². The molecule has 5 nitrogen and oxygen atoms in total. The Hall–Kier alpha value is -1.86. The molecule has 0 fully saturated rings. The van der Waals surface area contributed by atoms with Gasteiger partial charge in [0.25, 0.3) is 0 Å². The Kier molecular flexibility index (Phi) is 4.98. The molecule has 2 rings (SSSR count). The largest absolute Gasteiger partial charge is 0.320 e. The second kappa shape index (κ2) is 6.73. The number of nitrogens with two attached hydrogens (primary N) is 1. The van der Waals surface area contributed by atoms with Crippen molar-refractivity contribution in [3.8, 4) is 0 Å². The molecule has 7 heteroatoms. The van der Waals surface area contributed by atoms with Crippen LogP contribution in [0.25, 0.3) is 0 Å². The molecule has 3 N–H and O–H groups in total. The fourth-order valence-electron chi connectivity index (χ4n) is 1.69. The predicted molar refractivity (Wildman–Crippen MR) is 80.6 cm³/mol. The Labute approximate surface area is 126 Å². The summed E-state index contributed by atoms with van der Waals surface area (Å²) < 4.78 is 13.1. The van der Waals surface area contributed by atoms with Crippen LogP contribution < -0.4 is 11.1 Å². The average molecular weight is 308 g/mol. The number of nitrogens with one attached hydrogen (secondary N) is 1. The van der Waals surface area contributed by atoms with Crippen LogP contribution in [0.5, 0.6) is 0 Å². The first-order valence-corrected chi connectivity index (χ1v) is 7.40. The summed E-state index contributed by atoms with van der Waals surface area (Å²) in [4.78, 5) is 11.8. The van der Waals surface area contributed by atoms with E-state index in [1.54, 1.807) is 6.07 Å². The number of hydrogen-bond donors (Lipinski definition) is 2. The molecule has 1 aromatic carbocycles. The minimum Gasteiger partial charge on any atom is -0.320 e. The first-order chi connectivity index (χ1) is 9.95. The first kappa shape index (κ1) is 15.5. The van der Waals surface area contributed by atoms with Gasteiger partial charge in [-0.25, -0.2) is 4.39 Å². The van der Waals surface area contributed by atoms with Gasteiger partial charge in [0.2, 0.25) is 11.0 Å². The lowest BCUT2D eigenvalue weighted by molar-refractivity contribution is -0.118. The molecule has 1 aromatic heterocycles. The molecule has 0 bridgehead atoms. The van der Waals surface area contributed by atoms with Gasteiger partial charge in [-0.1, -0.05) is 37.3 Å². The molecule has 0 unspecified atom stereocenters. The van der Waals surface area contributed by atoms with Crippen LogP contribution in [0.2, 0.25) is 0 Å². The molecule has 2 aromatic rings. The molecule has 21 heavy (non-hydrogen) atoms. The third-order valence-corrected chi connectivity index (χ3v) is 3.80. The zero-order valence-electron chi connectivity index (χ0n) is 11.8. The Morgan fingerprint density at radius 1 is 1.43 bits per heavy atom. The van der Waals surface area contributed by atoms with E-state index in [4.69, 9.17) is 5.73 Å². The van der Waals surface area contributed by atoms with Gasteiger partial charge in [-0.2, -0.15) is 0 Å². The van der Waals surface area contributed by atoms with Crippen molar-refractivity contribution in [1.82, 2.24) is 10.2 Å². The van der Waals surface area contributed by atoms with Gasteiger partial charge in [-0.3, -0.25) is 10.1 Å². The van der Waals surface area contributed by atoms with Crippen LogP contribution in [-0.4, -0.2) is 22.1 Å². The third-order valence-electron chi connectivity index (χ3n) is 2.96. The van der Waals surface area contributed by atoms with Gasteiger partial charge < -0.3 is 5.73 Å². The molecule has 0 aliphatic rings. The zero-order chi connectivity index (χ0) is 15.4. The van der Waals surface area contributed by atoms with Gasteiger partial charge >= 0.3 is 0 Å². The molecule has 0 aliphatic carbocycles. The van der Waals surface area contributed by atoms with Crippen LogP contribution in [-0.2, 0) is 11.2 Å². The second-order valence-electron chi connectivity index (χ2n) is 5.07. The summed E-state index contributed by atoms with van der Waals surface area (Å²) in [5.41, 5.74) is 6.57. The zero-order valence-corrected chi connectivity index (χ0v) is 12.7. The van der Waals surface area contributed by atoms with Gasteiger partial charge in [0.1, 0.15) is 10.8 Å². The average Bonchev–Trinajstić information content (AvgIpc) is 2.84. The highest BCUT2D eigenvalue weighted by Crippen LogP contribution is 2.19. The summed E-state index contributed by atoms with van der Waals surface area (Å²) >= 11 is 1.26. The Morgan fingerprint density at radius 2 is 2.19 bits per heavy atom. The lowest BCUT2D eigenvalue weighted by Crippen LogP contribution is -2.39. The highest BCUT2D eigenvalue weighted by molar-refractivity contribution is 7.15. The summed E-state index contributed by atoms with van der Waals surface area (Å²) in [5, 5.41) is 11.6. The third kappa shape index (κ3) is 4.30. The van der Waals surface area contributed by atoms with E-state index < -0.39 is 6.04 Å². The first-order valence-electron chi connectivity index (χ1n) is 6.59. The molecule has 0 saturated heterocycles. The van der Waals surface area contributed by atoms with Crippen LogP contribution in [0.4, 0.5) is 9.52 Å². The molecule has 1 atom stereocenters. The maximum Gasteiger partial charge on any atom is 0.243 e. The lowest BCUT2D eigenvalue weighted by Gasteiger charge is -2.13. The van der Waals surface area contributed by atoms with Crippen LogP contribution in [0.15, 0.2) is 24.3 Å². The molecule has 0 aliphatic heterocycles. The molecule has 0 saturated carbocycles. The molecule has 0 spiro atoms. The van der Waals surface area contributed by atoms with E-state index in [0.29, 0.717) is 16.6 Å². The van der Waals surface area contributed by atoms with E-state index in [0.717, 1.165) is 5.56 Å². The monoisotopic (exact) mass is 308 g/mol. The summed E-state index contributed by atoms with van der Waals surface area (Å²) in [6.45, 7) is 3.75. The maximum absolute atomic E-state index is 13.1. The quantitative estimate of drug-likeness (QED) is 0.887. The van der Waals surface area contributed by atoms with Crippen LogP contribution in [0, 0.1) is 11.7 Å². The number of amides is 1. The summed E-state index contributed by atoms with van der Waals surface area (Å²) in [6, 6.07) is 5.73. The predicted octanol–water partition coefficient (Wildman–Crippen LogP) is 2.19. The van der Waals surface area contributed by atoms with Crippen molar-refractivity contribution in [2.24, 2.45) is 11.7 Å². The van der Waals surface area contributed by atoms with Crippen molar-refractivity contribution in [3.05, 3.63) is 40.7 Å².